The van der Waals surface area contributed by atoms with Crippen molar-refractivity contribution in [1.29, 1.82) is 0 Å². The number of benzene rings is 2. The van der Waals surface area contributed by atoms with Crippen molar-refractivity contribution in [3.05, 3.63) is 59.7 Å². The third-order valence-electron chi connectivity index (χ3n) is 4.36. The first-order chi connectivity index (χ1) is 11.6. The molecule has 2 N–H and O–H groups in total. The van der Waals surface area contributed by atoms with E-state index in [0.29, 0.717) is 6.54 Å². The van der Waals surface area contributed by atoms with Gasteiger partial charge in [-0.25, -0.2) is 0 Å². The van der Waals surface area contributed by atoms with E-state index in [2.05, 4.69) is 5.32 Å². The Morgan fingerprint density at radius 1 is 1.12 bits per heavy atom. The van der Waals surface area contributed by atoms with Gasteiger partial charge in [-0.15, -0.1) is 0 Å². The van der Waals surface area contributed by atoms with Crippen molar-refractivity contribution < 1.29 is 19.2 Å². The molecule has 0 saturated carbocycles. The molecule has 5 nitrogen and oxygen atoms in total. The van der Waals surface area contributed by atoms with Gasteiger partial charge in [0.1, 0.15) is 6.54 Å². The topological polar surface area (TPSA) is 52.0 Å². The Bertz CT molecular complexity index is 703. The highest BCUT2D eigenvalue weighted by Gasteiger charge is 2.22. The molecular formula is C19H23N2O3+. The number of rotatable bonds is 6. The lowest BCUT2D eigenvalue weighted by Gasteiger charge is -2.21. The zero-order valence-electron chi connectivity index (χ0n) is 14.0. The minimum atomic E-state index is -0.140. The largest absolute Gasteiger partial charge is 0.454 e. The number of hydrogen-bond donors (Lipinski definition) is 2. The number of amides is 1. The molecule has 1 unspecified atom stereocenters. The lowest BCUT2D eigenvalue weighted by molar-refractivity contribution is -0.908. The van der Waals surface area contributed by atoms with Crippen LogP contribution < -0.4 is 19.7 Å². The average molecular weight is 327 g/mol. The monoisotopic (exact) mass is 327 g/mol. The number of hydrogen-bond acceptors (Lipinski definition) is 3. The third kappa shape index (κ3) is 3.86. The van der Waals surface area contributed by atoms with Gasteiger partial charge < -0.3 is 19.7 Å². The molecule has 1 aliphatic rings. The van der Waals surface area contributed by atoms with Crippen LogP contribution in [0.4, 0.5) is 0 Å². The average Bonchev–Trinajstić information content (AvgIpc) is 3.07. The first-order valence-corrected chi connectivity index (χ1v) is 8.16. The molecule has 2 atom stereocenters. The van der Waals surface area contributed by atoms with Gasteiger partial charge >= 0.3 is 0 Å². The normalized spacial score (nSPS) is 14.9. The summed E-state index contributed by atoms with van der Waals surface area (Å²) in [6.45, 7) is 3.53. The second kappa shape index (κ2) is 7.36. The Kier molecular flexibility index (Phi) is 5.01. The van der Waals surface area contributed by atoms with E-state index in [-0.39, 0.29) is 18.7 Å². The van der Waals surface area contributed by atoms with Crippen LogP contribution in [0.15, 0.2) is 48.5 Å². The Labute approximate surface area is 142 Å². The van der Waals surface area contributed by atoms with Crippen LogP contribution in [0.1, 0.15) is 18.1 Å². The van der Waals surface area contributed by atoms with E-state index < -0.39 is 0 Å². The summed E-state index contributed by atoms with van der Waals surface area (Å²) in [5.41, 5.74) is 2.23. The van der Waals surface area contributed by atoms with Crippen molar-refractivity contribution in [3.8, 4) is 11.5 Å². The van der Waals surface area contributed by atoms with Crippen molar-refractivity contribution in [2.24, 2.45) is 0 Å². The van der Waals surface area contributed by atoms with Crippen molar-refractivity contribution in [3.63, 3.8) is 0 Å². The molecule has 1 aliphatic heterocycles. The van der Waals surface area contributed by atoms with Gasteiger partial charge in [-0.2, -0.15) is 0 Å². The zero-order valence-corrected chi connectivity index (χ0v) is 14.0. The fourth-order valence-electron chi connectivity index (χ4n) is 2.69. The highest BCUT2D eigenvalue weighted by Crippen LogP contribution is 2.32. The van der Waals surface area contributed by atoms with Crippen LogP contribution in [-0.4, -0.2) is 25.8 Å². The van der Waals surface area contributed by atoms with Gasteiger partial charge in [0, 0.05) is 12.1 Å². The van der Waals surface area contributed by atoms with Crippen LogP contribution in [0.5, 0.6) is 11.5 Å². The van der Waals surface area contributed by atoms with Gasteiger partial charge in [0.25, 0.3) is 5.91 Å². The van der Waals surface area contributed by atoms with E-state index in [9.17, 15) is 4.79 Å². The fraction of sp³-hybridized carbons (Fsp3) is 0.316. The number of carbonyl (C=O) groups excluding carboxylic acids is 1. The Morgan fingerprint density at radius 2 is 1.88 bits per heavy atom. The lowest BCUT2D eigenvalue weighted by Crippen LogP contribution is -3.12. The molecular weight excluding hydrogens is 304 g/mol. The van der Waals surface area contributed by atoms with E-state index in [1.165, 1.54) is 0 Å². The predicted octanol–water partition coefficient (Wildman–Crippen LogP) is 1.13. The Balaban J connectivity index is 1.54. The summed E-state index contributed by atoms with van der Waals surface area (Å²) in [6.07, 6.45) is 0. The molecule has 2 aromatic rings. The van der Waals surface area contributed by atoms with Crippen LogP contribution >= 0.6 is 0 Å². The second-order valence-electron chi connectivity index (χ2n) is 6.14. The second-order valence-corrected chi connectivity index (χ2v) is 6.14. The standard InChI is InChI=1S/C19H22N2O3/c1-14(19(22)20-11-15-6-4-3-5-7-15)21(2)12-16-8-9-17-18(10-16)24-13-23-17/h3-10,14H,11-13H2,1-2H3,(H,20,22)/p+1/t14-/m1/s1. The molecule has 2 aromatic carbocycles. The summed E-state index contributed by atoms with van der Waals surface area (Å²) in [7, 11) is 2.03. The van der Waals surface area contributed by atoms with Gasteiger partial charge in [0.15, 0.2) is 17.5 Å². The third-order valence-corrected chi connectivity index (χ3v) is 4.36. The quantitative estimate of drug-likeness (QED) is 0.836. The molecule has 0 radical (unpaired) electrons. The fourth-order valence-corrected chi connectivity index (χ4v) is 2.69. The van der Waals surface area contributed by atoms with E-state index in [0.717, 1.165) is 34.1 Å². The zero-order chi connectivity index (χ0) is 16.9. The Hall–Kier alpha value is -2.53. The molecule has 1 heterocycles. The summed E-state index contributed by atoms with van der Waals surface area (Å²) in [5.74, 6) is 1.61. The maximum Gasteiger partial charge on any atom is 0.278 e. The van der Waals surface area contributed by atoms with Gasteiger partial charge in [-0.3, -0.25) is 4.79 Å². The molecule has 0 bridgehead atoms. The minimum Gasteiger partial charge on any atom is -0.454 e. The molecule has 0 spiro atoms. The number of nitrogens with one attached hydrogen (secondary N) is 2. The SMILES string of the molecule is C[C@H](C(=O)NCc1ccccc1)[NH+](C)Cc1ccc2c(c1)OCO2. The van der Waals surface area contributed by atoms with Crippen molar-refractivity contribution in [2.75, 3.05) is 13.8 Å². The summed E-state index contributed by atoms with van der Waals surface area (Å²) >= 11 is 0. The molecule has 3 rings (SSSR count). The van der Waals surface area contributed by atoms with Crippen LogP contribution in [-0.2, 0) is 17.9 Å². The predicted molar refractivity (Wildman–Crippen MR) is 90.9 cm³/mol. The van der Waals surface area contributed by atoms with Crippen LogP contribution in [0.3, 0.4) is 0 Å². The summed E-state index contributed by atoms with van der Waals surface area (Å²) in [4.78, 5) is 13.5. The van der Waals surface area contributed by atoms with Gasteiger partial charge in [0.05, 0.1) is 7.05 Å². The van der Waals surface area contributed by atoms with Crippen molar-refractivity contribution >= 4 is 5.91 Å². The van der Waals surface area contributed by atoms with E-state index in [4.69, 9.17) is 9.47 Å². The summed E-state index contributed by atoms with van der Waals surface area (Å²) in [6, 6.07) is 15.7. The first-order valence-electron chi connectivity index (χ1n) is 8.16. The van der Waals surface area contributed by atoms with E-state index in [1.807, 2.05) is 62.5 Å². The number of ether oxygens (including phenoxy) is 2. The highest BCUT2D eigenvalue weighted by atomic mass is 16.7. The van der Waals surface area contributed by atoms with Crippen molar-refractivity contribution in [2.45, 2.75) is 26.1 Å². The maximum absolute atomic E-state index is 12.4. The van der Waals surface area contributed by atoms with Gasteiger partial charge in [-0.1, -0.05) is 30.3 Å². The van der Waals surface area contributed by atoms with E-state index >= 15 is 0 Å². The van der Waals surface area contributed by atoms with Crippen molar-refractivity contribution in [1.82, 2.24) is 5.32 Å². The number of quaternary nitrogens is 1. The van der Waals surface area contributed by atoms with Gasteiger partial charge in [-0.05, 0) is 30.7 Å². The number of fused-ring (bicyclic) bond motifs is 1. The molecule has 0 fully saturated rings. The molecule has 5 heteroatoms. The molecule has 24 heavy (non-hydrogen) atoms. The molecule has 0 saturated heterocycles. The Morgan fingerprint density at radius 3 is 2.67 bits per heavy atom. The lowest BCUT2D eigenvalue weighted by atomic mass is 10.1. The van der Waals surface area contributed by atoms with Gasteiger partial charge in [0.2, 0.25) is 6.79 Å². The maximum atomic E-state index is 12.4. The summed E-state index contributed by atoms with van der Waals surface area (Å²) < 4.78 is 10.7. The molecule has 0 aromatic heterocycles. The van der Waals surface area contributed by atoms with Crippen LogP contribution in [0.2, 0.25) is 0 Å². The molecule has 126 valence electrons. The summed E-state index contributed by atoms with van der Waals surface area (Å²) in [5, 5.41) is 3.00. The molecule has 1 amide bonds. The van der Waals surface area contributed by atoms with E-state index in [1.54, 1.807) is 0 Å². The smallest absolute Gasteiger partial charge is 0.278 e. The highest BCUT2D eigenvalue weighted by molar-refractivity contribution is 5.79. The minimum absolute atomic E-state index is 0.0529. The van der Waals surface area contributed by atoms with Crippen LogP contribution in [0, 0.1) is 0 Å². The number of carbonyl (C=O) groups is 1. The molecule has 0 aliphatic carbocycles. The van der Waals surface area contributed by atoms with Crippen LogP contribution in [0.25, 0.3) is 0 Å². The first kappa shape index (κ1) is 16.3. The number of likely N-dealkylation sites (N-methyl/N-ethyl adjacent to an activating group) is 1.